The highest BCUT2D eigenvalue weighted by Crippen LogP contribution is 2.32. The lowest BCUT2D eigenvalue weighted by atomic mass is 9.94. The summed E-state index contributed by atoms with van der Waals surface area (Å²) in [6.45, 7) is 13.5. The summed E-state index contributed by atoms with van der Waals surface area (Å²) >= 11 is 0. The Balaban J connectivity index is 1.01. The average molecular weight is 745 g/mol. The Hall–Kier alpha value is -3.92. The highest BCUT2D eigenvalue weighted by molar-refractivity contribution is 7.89. The number of likely N-dealkylation sites (tertiary alicyclic amines) is 2. The van der Waals surface area contributed by atoms with E-state index in [2.05, 4.69) is 20.3 Å². The first-order chi connectivity index (χ1) is 24.5. The Labute approximate surface area is 304 Å². The van der Waals surface area contributed by atoms with Crippen molar-refractivity contribution in [3.05, 3.63) is 35.8 Å². The Bertz CT molecular complexity index is 1910. The van der Waals surface area contributed by atoms with E-state index in [4.69, 9.17) is 4.74 Å². The number of anilines is 1. The maximum absolute atomic E-state index is 15.1. The maximum atomic E-state index is 15.1. The van der Waals surface area contributed by atoms with Gasteiger partial charge in [-0.1, -0.05) is 0 Å². The van der Waals surface area contributed by atoms with Gasteiger partial charge < -0.3 is 24.4 Å². The van der Waals surface area contributed by atoms with Crippen LogP contribution in [0.2, 0.25) is 0 Å². The molecule has 6 rings (SSSR count). The summed E-state index contributed by atoms with van der Waals surface area (Å²) in [6, 6.07) is 2.80. The van der Waals surface area contributed by atoms with Crippen molar-refractivity contribution in [2.45, 2.75) is 103 Å². The summed E-state index contributed by atoms with van der Waals surface area (Å²) in [5.74, 6) is -0.575. The van der Waals surface area contributed by atoms with Gasteiger partial charge in [-0.05, 0) is 92.2 Å². The molecule has 0 unspecified atom stereocenters. The van der Waals surface area contributed by atoms with Gasteiger partial charge in [0.15, 0.2) is 11.6 Å². The number of imidazole rings is 1. The summed E-state index contributed by atoms with van der Waals surface area (Å²) in [5, 5.41) is 2.67. The van der Waals surface area contributed by atoms with E-state index in [1.165, 1.54) is 10.4 Å². The van der Waals surface area contributed by atoms with Crippen molar-refractivity contribution in [1.82, 2.24) is 33.6 Å². The van der Waals surface area contributed by atoms with Gasteiger partial charge in [0.05, 0.1) is 17.0 Å². The molecule has 3 aliphatic rings. The van der Waals surface area contributed by atoms with Crippen LogP contribution in [0.5, 0.6) is 0 Å². The maximum Gasteiger partial charge on any atom is 0.410 e. The molecule has 0 atom stereocenters. The predicted octanol–water partition coefficient (Wildman–Crippen LogP) is 5.51. The average Bonchev–Trinajstić information content (AvgIpc) is 3.45. The second-order valence-corrected chi connectivity index (χ2v) is 17.7. The van der Waals surface area contributed by atoms with Crippen molar-refractivity contribution >= 4 is 39.0 Å². The second kappa shape index (κ2) is 14.8. The lowest BCUT2D eigenvalue weighted by molar-refractivity contribution is -0.138. The van der Waals surface area contributed by atoms with E-state index in [9.17, 15) is 18.0 Å². The predicted molar refractivity (Wildman–Crippen MR) is 193 cm³/mol. The number of hydrogen-bond acceptors (Lipinski definition) is 9. The van der Waals surface area contributed by atoms with Crippen molar-refractivity contribution < 1.29 is 31.5 Å². The third kappa shape index (κ3) is 8.02. The molecule has 5 heterocycles. The molecule has 3 saturated heterocycles. The van der Waals surface area contributed by atoms with Gasteiger partial charge in [-0.3, -0.25) is 4.79 Å². The van der Waals surface area contributed by atoms with Crippen LogP contribution in [0.3, 0.4) is 0 Å². The van der Waals surface area contributed by atoms with E-state index in [0.717, 1.165) is 6.20 Å². The molecular weight excluding hydrogens is 695 g/mol. The summed E-state index contributed by atoms with van der Waals surface area (Å²) in [6.07, 6.45) is 3.56. The van der Waals surface area contributed by atoms with Crippen molar-refractivity contribution in [3.63, 3.8) is 0 Å². The van der Waals surface area contributed by atoms with E-state index in [-0.39, 0.29) is 52.7 Å². The number of piperidine rings is 3. The van der Waals surface area contributed by atoms with Crippen LogP contribution in [0, 0.1) is 24.5 Å². The molecule has 2 amide bonds. The molecule has 1 N–H and O–H groups in total. The molecular formula is C36H50F2N8O5S. The molecule has 0 spiro atoms. The van der Waals surface area contributed by atoms with Crippen LogP contribution in [-0.4, -0.2) is 110 Å². The summed E-state index contributed by atoms with van der Waals surface area (Å²) < 4.78 is 66.4. The van der Waals surface area contributed by atoms with Gasteiger partial charge in [-0.2, -0.15) is 0 Å². The zero-order chi connectivity index (χ0) is 37.5. The van der Waals surface area contributed by atoms with Crippen molar-refractivity contribution in [1.29, 1.82) is 0 Å². The number of aryl methyl sites for hydroxylation is 1. The number of nitrogens with one attached hydrogen (secondary N) is 1. The second-order valence-electron chi connectivity index (χ2n) is 15.5. The molecule has 16 heteroatoms. The topological polar surface area (TPSA) is 143 Å². The van der Waals surface area contributed by atoms with Gasteiger partial charge in [-0.15, -0.1) is 0 Å². The number of amides is 2. The van der Waals surface area contributed by atoms with Crippen molar-refractivity contribution in [2.24, 2.45) is 5.92 Å². The molecule has 1 aromatic carbocycles. The third-order valence-corrected chi connectivity index (χ3v) is 12.7. The molecule has 0 saturated carbocycles. The number of fused-ring (bicyclic) bond motifs is 1. The van der Waals surface area contributed by atoms with E-state index in [1.54, 1.807) is 22.8 Å². The number of carbonyl (C=O) groups excluding carboxylic acids is 2. The number of rotatable bonds is 7. The smallest absolute Gasteiger partial charge is 0.410 e. The number of carbonyl (C=O) groups is 2. The molecule has 0 aliphatic carbocycles. The SMILES string of the molecule is Cc1nc2c(F)cc(-c3nc(NC4CCN(S(=O)(=O)C5CCN(C(=O)C6CCN(C(=O)OC(C)(C)C)CC6)CC5)CC4)ncc3F)cc2n1C(C)C. The first-order valence-corrected chi connectivity index (χ1v) is 19.8. The zero-order valence-corrected chi connectivity index (χ0v) is 31.7. The molecule has 0 radical (unpaired) electrons. The van der Waals surface area contributed by atoms with Gasteiger partial charge in [-0.25, -0.2) is 41.3 Å². The Morgan fingerprint density at radius 2 is 1.54 bits per heavy atom. The number of benzene rings is 1. The number of hydrogen-bond donors (Lipinski definition) is 1. The highest BCUT2D eigenvalue weighted by Gasteiger charge is 2.39. The minimum absolute atomic E-state index is 0.0204. The summed E-state index contributed by atoms with van der Waals surface area (Å²) in [5.41, 5.74) is 0.427. The van der Waals surface area contributed by atoms with Gasteiger partial charge in [0, 0.05) is 62.8 Å². The zero-order valence-electron chi connectivity index (χ0n) is 30.9. The Morgan fingerprint density at radius 1 is 0.904 bits per heavy atom. The Kier molecular flexibility index (Phi) is 10.8. The van der Waals surface area contributed by atoms with Crippen LogP contribution in [0.15, 0.2) is 18.3 Å². The fraction of sp³-hybridized carbons (Fsp3) is 0.639. The quantitative estimate of drug-likeness (QED) is 0.332. The molecule has 0 bridgehead atoms. The van der Waals surface area contributed by atoms with Gasteiger partial charge >= 0.3 is 6.09 Å². The normalized spacial score (nSPS) is 19.1. The van der Waals surface area contributed by atoms with Crippen LogP contribution in [0.4, 0.5) is 19.5 Å². The fourth-order valence-corrected chi connectivity index (χ4v) is 9.56. The lowest BCUT2D eigenvalue weighted by Gasteiger charge is -2.39. The van der Waals surface area contributed by atoms with Crippen LogP contribution in [0.1, 0.15) is 85.0 Å². The third-order valence-electron chi connectivity index (χ3n) is 10.3. The number of aromatic nitrogens is 4. The fourth-order valence-electron chi connectivity index (χ4n) is 7.61. The van der Waals surface area contributed by atoms with Crippen LogP contribution < -0.4 is 5.32 Å². The monoisotopic (exact) mass is 744 g/mol. The van der Waals surface area contributed by atoms with E-state index >= 15 is 8.78 Å². The van der Waals surface area contributed by atoms with E-state index < -0.39 is 32.5 Å². The molecule has 284 valence electrons. The number of sulfonamides is 1. The van der Waals surface area contributed by atoms with Gasteiger partial charge in [0.25, 0.3) is 0 Å². The lowest BCUT2D eigenvalue weighted by Crippen LogP contribution is -2.51. The summed E-state index contributed by atoms with van der Waals surface area (Å²) in [7, 11) is -3.58. The first kappa shape index (κ1) is 37.8. The molecule has 3 fully saturated rings. The largest absolute Gasteiger partial charge is 0.444 e. The van der Waals surface area contributed by atoms with Crippen molar-refractivity contribution in [3.8, 4) is 11.3 Å². The summed E-state index contributed by atoms with van der Waals surface area (Å²) in [4.78, 5) is 42.0. The van der Waals surface area contributed by atoms with Gasteiger partial charge in [0.1, 0.15) is 22.6 Å². The van der Waals surface area contributed by atoms with Crippen LogP contribution >= 0.6 is 0 Å². The molecule has 3 aromatic rings. The van der Waals surface area contributed by atoms with Crippen molar-refractivity contribution in [2.75, 3.05) is 44.6 Å². The Morgan fingerprint density at radius 3 is 2.15 bits per heavy atom. The molecule has 13 nitrogen and oxygen atoms in total. The number of nitrogens with zero attached hydrogens (tertiary/aromatic N) is 7. The van der Waals surface area contributed by atoms with Crippen LogP contribution in [-0.2, 0) is 19.6 Å². The standard InChI is InChI=1S/C36H50F2N8O5S/c1-22(2)46-23(3)40-32-28(37)19-25(20-30(32)46)31-29(38)21-39-34(42-31)41-26-9-17-45(18-10-26)52(49,50)27-11-15-43(16-12-27)33(47)24-7-13-44(14-8-24)35(48)51-36(4,5)6/h19-22,24,26-27H,7-18H2,1-6H3,(H,39,41,42). The van der Waals surface area contributed by atoms with Gasteiger partial charge in [0.2, 0.25) is 21.9 Å². The first-order valence-electron chi connectivity index (χ1n) is 18.2. The molecule has 52 heavy (non-hydrogen) atoms. The minimum Gasteiger partial charge on any atom is -0.444 e. The number of ether oxygens (including phenoxy) is 1. The van der Waals surface area contributed by atoms with E-state index in [1.807, 2.05) is 39.2 Å². The molecule has 3 aliphatic heterocycles. The van der Waals surface area contributed by atoms with Crippen LogP contribution in [0.25, 0.3) is 22.3 Å². The minimum atomic E-state index is -3.58. The highest BCUT2D eigenvalue weighted by atomic mass is 32.2. The molecule has 2 aromatic heterocycles. The van der Waals surface area contributed by atoms with E-state index in [0.29, 0.717) is 89.1 Å². The number of halogens is 2.